The minimum Gasteiger partial charge on any atom is -0.332 e. The molecule has 0 spiro atoms. The number of nitrogens with zero attached hydrogens (tertiary/aromatic N) is 1. The number of fused-ring (bicyclic) bond motifs is 3. The molecule has 0 saturated heterocycles. The van der Waals surface area contributed by atoms with Gasteiger partial charge in [-0.3, -0.25) is 0 Å². The van der Waals surface area contributed by atoms with Crippen LogP contribution in [0.4, 0.5) is 11.4 Å². The van der Waals surface area contributed by atoms with Crippen LogP contribution in [0.15, 0.2) is 48.5 Å². The number of rotatable bonds is 1. The molecule has 0 unspecified atom stereocenters. The van der Waals surface area contributed by atoms with Gasteiger partial charge in [-0.2, -0.15) is 0 Å². The molecule has 132 valence electrons. The second kappa shape index (κ2) is 6.53. The number of hydrogen-bond acceptors (Lipinski definition) is 4. The van der Waals surface area contributed by atoms with Crippen molar-refractivity contribution in [1.82, 2.24) is 0 Å². The van der Waals surface area contributed by atoms with Gasteiger partial charge in [0.2, 0.25) is 0 Å². The van der Waals surface area contributed by atoms with Crippen LogP contribution in [0, 0.1) is 10.7 Å². The summed E-state index contributed by atoms with van der Waals surface area (Å²) in [5, 5.41) is 4.10. The molecule has 1 aliphatic rings. The average Bonchev–Trinajstić information content (AvgIpc) is 2.99. The summed E-state index contributed by atoms with van der Waals surface area (Å²) in [7, 11) is 3.44. The Hall–Kier alpha value is -1.60. The lowest BCUT2D eigenvalue weighted by atomic mass is 9.87. The molecule has 4 rings (SSSR count). The van der Waals surface area contributed by atoms with Crippen LogP contribution in [0.2, 0.25) is 0 Å². The van der Waals surface area contributed by atoms with Gasteiger partial charge in [0.25, 0.3) is 0 Å². The summed E-state index contributed by atoms with van der Waals surface area (Å²) in [5.74, 6) is 0. The molecular weight excluding hydrogens is 397 g/mol. The van der Waals surface area contributed by atoms with Gasteiger partial charge >= 0.3 is 0 Å². The Morgan fingerprint density at radius 3 is 2.54 bits per heavy atom. The van der Waals surface area contributed by atoms with Crippen molar-refractivity contribution in [2.45, 2.75) is 26.3 Å². The fourth-order valence-electron chi connectivity index (χ4n) is 3.41. The van der Waals surface area contributed by atoms with E-state index in [-0.39, 0.29) is 5.54 Å². The lowest BCUT2D eigenvalue weighted by molar-refractivity contribution is 0.557. The molecule has 2 heterocycles. The standard InChI is InChI=1S/C20H18N2S4/c1-12-9-10-15-14(11-12)16-17(25-26-18(16)23)20(2,3)22(15)19(24)21-13-7-5-4-6-8-13/h4-11H,1-3H3,(H,21,24). The highest BCUT2D eigenvalue weighted by Gasteiger charge is 2.41. The number of benzene rings is 2. The van der Waals surface area contributed by atoms with Gasteiger partial charge in [-0.05, 0) is 57.3 Å². The first-order chi connectivity index (χ1) is 12.4. The smallest absolute Gasteiger partial charge is 0.178 e. The van der Waals surface area contributed by atoms with Crippen LogP contribution in [0.1, 0.15) is 24.3 Å². The first-order valence-electron chi connectivity index (χ1n) is 8.30. The van der Waals surface area contributed by atoms with E-state index in [1.54, 1.807) is 20.7 Å². The number of thiocarbonyl (C=S) groups is 1. The van der Waals surface area contributed by atoms with Crippen LogP contribution in [-0.4, -0.2) is 5.11 Å². The minimum atomic E-state index is -0.269. The highest BCUT2D eigenvalue weighted by Crippen LogP contribution is 2.52. The molecule has 2 nitrogen and oxygen atoms in total. The maximum atomic E-state index is 5.85. The average molecular weight is 415 g/mol. The topological polar surface area (TPSA) is 15.3 Å². The summed E-state index contributed by atoms with van der Waals surface area (Å²) >= 11 is 11.5. The molecule has 0 radical (unpaired) electrons. The molecule has 0 bridgehead atoms. The SMILES string of the molecule is Cc1ccc2c(c1)-c1c(ssc1=S)C(C)(C)N2C(=S)Nc1ccccc1. The Bertz CT molecular complexity index is 1050. The zero-order valence-electron chi connectivity index (χ0n) is 14.7. The van der Waals surface area contributed by atoms with Crippen molar-refractivity contribution in [3.05, 3.63) is 62.8 Å². The van der Waals surface area contributed by atoms with E-state index in [4.69, 9.17) is 24.4 Å². The van der Waals surface area contributed by atoms with Gasteiger partial charge in [0.1, 0.15) is 3.82 Å². The Balaban J connectivity index is 1.87. The minimum absolute atomic E-state index is 0.269. The fraction of sp³-hybridized carbons (Fsp3) is 0.200. The molecule has 0 amide bonds. The Morgan fingerprint density at radius 1 is 1.08 bits per heavy atom. The van der Waals surface area contributed by atoms with Crippen molar-refractivity contribution in [2.24, 2.45) is 0 Å². The number of anilines is 2. The lowest BCUT2D eigenvalue weighted by Crippen LogP contribution is -2.49. The normalized spacial score (nSPS) is 14.5. The fourth-order valence-corrected chi connectivity index (χ4v) is 7.13. The summed E-state index contributed by atoms with van der Waals surface area (Å²) in [4.78, 5) is 3.51. The van der Waals surface area contributed by atoms with Crippen molar-refractivity contribution < 1.29 is 0 Å². The Kier molecular flexibility index (Phi) is 4.47. The van der Waals surface area contributed by atoms with Gasteiger partial charge in [-0.1, -0.05) is 62.7 Å². The van der Waals surface area contributed by atoms with Crippen LogP contribution >= 0.6 is 45.1 Å². The van der Waals surface area contributed by atoms with Gasteiger partial charge in [-0.25, -0.2) is 0 Å². The van der Waals surface area contributed by atoms with E-state index in [2.05, 4.69) is 49.2 Å². The molecular formula is C20H18N2S4. The highest BCUT2D eigenvalue weighted by atomic mass is 32.9. The maximum absolute atomic E-state index is 5.85. The molecule has 1 N–H and O–H groups in total. The van der Waals surface area contributed by atoms with E-state index in [0.717, 1.165) is 15.2 Å². The third kappa shape index (κ3) is 2.81. The van der Waals surface area contributed by atoms with Crippen LogP contribution < -0.4 is 10.2 Å². The van der Waals surface area contributed by atoms with Crippen LogP contribution in [0.5, 0.6) is 0 Å². The molecule has 26 heavy (non-hydrogen) atoms. The first-order valence-corrected chi connectivity index (χ1v) is 11.3. The monoisotopic (exact) mass is 414 g/mol. The van der Waals surface area contributed by atoms with Crippen molar-refractivity contribution in [3.8, 4) is 11.1 Å². The van der Waals surface area contributed by atoms with Crippen LogP contribution in [0.3, 0.4) is 0 Å². The van der Waals surface area contributed by atoms with Gasteiger partial charge < -0.3 is 10.2 Å². The first kappa shape index (κ1) is 17.8. The molecule has 0 fully saturated rings. The third-order valence-corrected chi connectivity index (χ3v) is 8.25. The van der Waals surface area contributed by atoms with Crippen molar-refractivity contribution >= 4 is 61.6 Å². The maximum Gasteiger partial charge on any atom is 0.178 e. The van der Waals surface area contributed by atoms with Crippen LogP contribution in [-0.2, 0) is 5.54 Å². The number of para-hydroxylation sites is 1. The van der Waals surface area contributed by atoms with Gasteiger partial charge in [0, 0.05) is 16.8 Å². The zero-order chi connectivity index (χ0) is 18.5. The number of hydrogen-bond donors (Lipinski definition) is 1. The van der Waals surface area contributed by atoms with Crippen LogP contribution in [0.25, 0.3) is 11.1 Å². The van der Waals surface area contributed by atoms with E-state index in [1.165, 1.54) is 21.6 Å². The molecule has 6 heteroatoms. The Morgan fingerprint density at radius 2 is 1.81 bits per heavy atom. The molecule has 1 aromatic heterocycles. The van der Waals surface area contributed by atoms with Gasteiger partial charge in [-0.15, -0.1) is 0 Å². The number of nitrogens with one attached hydrogen (secondary N) is 1. The van der Waals surface area contributed by atoms with E-state index < -0.39 is 0 Å². The predicted molar refractivity (Wildman–Crippen MR) is 121 cm³/mol. The van der Waals surface area contributed by atoms with Crippen molar-refractivity contribution in [1.29, 1.82) is 0 Å². The molecule has 2 aromatic carbocycles. The van der Waals surface area contributed by atoms with E-state index in [9.17, 15) is 0 Å². The largest absolute Gasteiger partial charge is 0.332 e. The summed E-state index contributed by atoms with van der Waals surface area (Å²) in [5.41, 5.74) is 5.44. The summed E-state index contributed by atoms with van der Waals surface area (Å²) in [6.45, 7) is 6.54. The summed E-state index contributed by atoms with van der Waals surface area (Å²) in [6.07, 6.45) is 0. The quantitative estimate of drug-likeness (QED) is 0.341. The van der Waals surface area contributed by atoms with E-state index >= 15 is 0 Å². The second-order valence-electron chi connectivity index (χ2n) is 6.87. The van der Waals surface area contributed by atoms with E-state index in [0.29, 0.717) is 5.11 Å². The van der Waals surface area contributed by atoms with Gasteiger partial charge in [0.05, 0.1) is 16.1 Å². The van der Waals surface area contributed by atoms with E-state index in [1.807, 2.05) is 30.3 Å². The predicted octanol–water partition coefficient (Wildman–Crippen LogP) is 6.97. The third-order valence-electron chi connectivity index (χ3n) is 4.64. The van der Waals surface area contributed by atoms with Gasteiger partial charge in [0.15, 0.2) is 5.11 Å². The zero-order valence-corrected chi connectivity index (χ0v) is 18.0. The summed E-state index contributed by atoms with van der Waals surface area (Å²) in [6, 6.07) is 16.6. The van der Waals surface area contributed by atoms with Crippen molar-refractivity contribution in [3.63, 3.8) is 0 Å². The summed E-state index contributed by atoms with van der Waals surface area (Å²) < 4.78 is 0.964. The number of aryl methyl sites for hydroxylation is 1. The van der Waals surface area contributed by atoms with Crippen molar-refractivity contribution in [2.75, 3.05) is 10.2 Å². The molecule has 0 saturated carbocycles. The molecule has 0 aliphatic carbocycles. The Labute approximate surface area is 171 Å². The lowest BCUT2D eigenvalue weighted by Gasteiger charge is -2.44. The highest BCUT2D eigenvalue weighted by molar-refractivity contribution is 7.81. The molecule has 1 aliphatic heterocycles. The molecule has 0 atom stereocenters. The second-order valence-corrected chi connectivity index (χ2v) is 10.1. The molecule has 3 aromatic rings.